The van der Waals surface area contributed by atoms with E-state index in [1.54, 1.807) is 7.05 Å². The molecule has 0 aliphatic heterocycles. The van der Waals surface area contributed by atoms with Gasteiger partial charge in [-0.2, -0.15) is 0 Å². The zero-order chi connectivity index (χ0) is 13.3. The first-order valence-electron chi connectivity index (χ1n) is 5.87. The number of hydrogen-bond donors (Lipinski definition) is 1. The van der Waals surface area contributed by atoms with Crippen LogP contribution in [0.3, 0.4) is 0 Å². The van der Waals surface area contributed by atoms with E-state index in [0.29, 0.717) is 17.8 Å². The third-order valence-electron chi connectivity index (χ3n) is 2.90. The van der Waals surface area contributed by atoms with Gasteiger partial charge in [-0.1, -0.05) is 18.5 Å². The molecule has 2 heterocycles. The topological polar surface area (TPSA) is 82.1 Å². The molecular formula is C11H16N4O3. The Labute approximate surface area is 103 Å². The molecule has 0 spiro atoms. The maximum atomic E-state index is 12.0. The van der Waals surface area contributed by atoms with Crippen LogP contribution >= 0.6 is 0 Å². The molecule has 0 radical (unpaired) electrons. The first-order chi connectivity index (χ1) is 8.57. The van der Waals surface area contributed by atoms with Crippen molar-refractivity contribution in [2.75, 3.05) is 11.9 Å². The number of aryl methyl sites for hydroxylation is 1. The van der Waals surface area contributed by atoms with Crippen molar-refractivity contribution in [3.63, 3.8) is 0 Å². The lowest BCUT2D eigenvalue weighted by Crippen LogP contribution is -2.36. The van der Waals surface area contributed by atoms with Crippen LogP contribution in [0.15, 0.2) is 14.1 Å². The predicted octanol–water partition coefficient (Wildman–Crippen LogP) is 0.437. The van der Waals surface area contributed by atoms with Gasteiger partial charge in [0.25, 0.3) is 5.56 Å². The van der Waals surface area contributed by atoms with Crippen molar-refractivity contribution < 1.29 is 4.52 Å². The number of unbranched alkanes of at least 4 members (excludes halogenated alkanes) is 1. The van der Waals surface area contributed by atoms with E-state index in [1.807, 2.05) is 0 Å². The molecule has 18 heavy (non-hydrogen) atoms. The number of fused-ring (bicyclic) bond motifs is 1. The molecule has 0 aliphatic rings. The maximum Gasteiger partial charge on any atom is 0.332 e. The second-order valence-electron chi connectivity index (χ2n) is 4.20. The van der Waals surface area contributed by atoms with Crippen LogP contribution < -0.4 is 16.6 Å². The SMILES string of the molecule is CCCCNc1onc2c1c(=O)n(C)c(=O)n2C. The Morgan fingerprint density at radius 3 is 2.67 bits per heavy atom. The number of anilines is 1. The van der Waals surface area contributed by atoms with E-state index in [9.17, 15) is 9.59 Å². The minimum absolute atomic E-state index is 0.266. The van der Waals surface area contributed by atoms with Gasteiger partial charge in [0.15, 0.2) is 5.65 Å². The molecule has 0 amide bonds. The zero-order valence-corrected chi connectivity index (χ0v) is 10.7. The van der Waals surface area contributed by atoms with Gasteiger partial charge in [-0.25, -0.2) is 4.79 Å². The monoisotopic (exact) mass is 252 g/mol. The van der Waals surface area contributed by atoms with Crippen molar-refractivity contribution in [3.05, 3.63) is 20.8 Å². The number of nitrogens with one attached hydrogen (secondary N) is 1. The van der Waals surface area contributed by atoms with Crippen LogP contribution in [0.2, 0.25) is 0 Å². The van der Waals surface area contributed by atoms with Gasteiger partial charge in [-0.15, -0.1) is 0 Å². The van der Waals surface area contributed by atoms with Crippen LogP contribution in [0.25, 0.3) is 11.0 Å². The van der Waals surface area contributed by atoms with E-state index in [2.05, 4.69) is 17.4 Å². The lowest BCUT2D eigenvalue weighted by atomic mass is 10.3. The van der Waals surface area contributed by atoms with Crippen molar-refractivity contribution in [1.82, 2.24) is 14.3 Å². The van der Waals surface area contributed by atoms with E-state index in [4.69, 9.17) is 4.52 Å². The van der Waals surface area contributed by atoms with Crippen LogP contribution in [0.5, 0.6) is 0 Å². The highest BCUT2D eigenvalue weighted by atomic mass is 16.5. The summed E-state index contributed by atoms with van der Waals surface area (Å²) in [6.45, 7) is 2.77. The van der Waals surface area contributed by atoms with Crippen molar-refractivity contribution in [3.8, 4) is 0 Å². The summed E-state index contributed by atoms with van der Waals surface area (Å²) >= 11 is 0. The van der Waals surface area contributed by atoms with Gasteiger partial charge in [0.1, 0.15) is 5.39 Å². The van der Waals surface area contributed by atoms with Crippen molar-refractivity contribution in [2.45, 2.75) is 19.8 Å². The highest BCUT2D eigenvalue weighted by molar-refractivity contribution is 5.84. The van der Waals surface area contributed by atoms with E-state index < -0.39 is 11.2 Å². The number of aromatic nitrogens is 3. The minimum atomic E-state index is -0.416. The summed E-state index contributed by atoms with van der Waals surface area (Å²) < 4.78 is 7.44. The highest BCUT2D eigenvalue weighted by Gasteiger charge is 2.17. The summed E-state index contributed by atoms with van der Waals surface area (Å²) in [5.74, 6) is 0.328. The Bertz CT molecular complexity index is 680. The van der Waals surface area contributed by atoms with Crippen molar-refractivity contribution >= 4 is 16.9 Å². The molecule has 0 unspecified atom stereocenters. The molecule has 7 nitrogen and oxygen atoms in total. The molecule has 0 bridgehead atoms. The summed E-state index contributed by atoms with van der Waals surface area (Å²) in [5.41, 5.74) is -0.545. The fraction of sp³-hybridized carbons (Fsp3) is 0.545. The van der Waals surface area contributed by atoms with Crippen molar-refractivity contribution in [1.29, 1.82) is 0 Å². The van der Waals surface area contributed by atoms with Gasteiger partial charge in [0.2, 0.25) is 5.88 Å². The molecule has 2 rings (SSSR count). The molecule has 0 saturated heterocycles. The molecule has 0 fully saturated rings. The normalized spacial score (nSPS) is 11.1. The first-order valence-corrected chi connectivity index (χ1v) is 5.87. The van der Waals surface area contributed by atoms with Crippen LogP contribution in [-0.2, 0) is 14.1 Å². The quantitative estimate of drug-likeness (QED) is 0.798. The largest absolute Gasteiger partial charge is 0.353 e. The van der Waals surface area contributed by atoms with E-state index in [0.717, 1.165) is 17.4 Å². The minimum Gasteiger partial charge on any atom is -0.353 e. The Hall–Kier alpha value is -2.05. The average Bonchev–Trinajstić information content (AvgIpc) is 2.78. The first kappa shape index (κ1) is 12.4. The predicted molar refractivity (Wildman–Crippen MR) is 67.9 cm³/mol. The van der Waals surface area contributed by atoms with E-state index in [1.165, 1.54) is 11.6 Å². The Balaban J connectivity index is 2.59. The van der Waals surface area contributed by atoms with Gasteiger partial charge in [-0.05, 0) is 6.42 Å². The average molecular weight is 252 g/mol. The van der Waals surface area contributed by atoms with Gasteiger partial charge in [0.05, 0.1) is 0 Å². The zero-order valence-electron chi connectivity index (χ0n) is 10.7. The molecule has 0 atom stereocenters. The fourth-order valence-corrected chi connectivity index (χ4v) is 1.77. The Morgan fingerprint density at radius 1 is 1.28 bits per heavy atom. The van der Waals surface area contributed by atoms with Gasteiger partial charge in [-0.3, -0.25) is 13.9 Å². The summed E-state index contributed by atoms with van der Waals surface area (Å²) in [4.78, 5) is 23.7. The third-order valence-corrected chi connectivity index (χ3v) is 2.90. The molecule has 0 aromatic carbocycles. The lowest BCUT2D eigenvalue weighted by Gasteiger charge is -2.03. The standard InChI is InChI=1S/C11H16N4O3/c1-4-5-6-12-9-7-8(13-18-9)14(2)11(17)15(3)10(7)16/h12H,4-6H2,1-3H3. The number of nitrogens with zero attached hydrogens (tertiary/aromatic N) is 3. The molecule has 0 aliphatic carbocycles. The van der Waals surface area contributed by atoms with Crippen LogP contribution in [0.1, 0.15) is 19.8 Å². The smallest absolute Gasteiger partial charge is 0.332 e. The summed E-state index contributed by atoms with van der Waals surface area (Å²) in [7, 11) is 3.00. The Kier molecular flexibility index (Phi) is 3.22. The number of hydrogen-bond acceptors (Lipinski definition) is 5. The molecule has 98 valence electrons. The second-order valence-corrected chi connectivity index (χ2v) is 4.20. The number of rotatable bonds is 4. The Morgan fingerprint density at radius 2 is 2.00 bits per heavy atom. The van der Waals surface area contributed by atoms with E-state index in [-0.39, 0.29) is 5.65 Å². The molecule has 2 aromatic rings. The van der Waals surface area contributed by atoms with Crippen LogP contribution in [0, 0.1) is 0 Å². The highest BCUT2D eigenvalue weighted by Crippen LogP contribution is 2.17. The third kappa shape index (κ3) is 1.81. The van der Waals surface area contributed by atoms with Gasteiger partial charge < -0.3 is 9.84 Å². The molecular weight excluding hydrogens is 236 g/mol. The summed E-state index contributed by atoms with van der Waals surface area (Å²) in [5, 5.41) is 7.11. The fourth-order valence-electron chi connectivity index (χ4n) is 1.77. The van der Waals surface area contributed by atoms with E-state index >= 15 is 0 Å². The summed E-state index contributed by atoms with van der Waals surface area (Å²) in [6.07, 6.45) is 2.00. The second kappa shape index (κ2) is 4.67. The van der Waals surface area contributed by atoms with Crippen LogP contribution in [-0.4, -0.2) is 20.8 Å². The van der Waals surface area contributed by atoms with Gasteiger partial charge >= 0.3 is 5.69 Å². The molecule has 2 aromatic heterocycles. The molecule has 0 saturated carbocycles. The van der Waals surface area contributed by atoms with Crippen LogP contribution in [0.4, 0.5) is 5.88 Å². The lowest BCUT2D eigenvalue weighted by molar-refractivity contribution is 0.436. The molecule has 1 N–H and O–H groups in total. The maximum absolute atomic E-state index is 12.0. The van der Waals surface area contributed by atoms with Gasteiger partial charge in [0, 0.05) is 20.6 Å². The van der Waals surface area contributed by atoms with Crippen molar-refractivity contribution in [2.24, 2.45) is 14.1 Å². The summed E-state index contributed by atoms with van der Waals surface area (Å²) in [6, 6.07) is 0. The molecule has 7 heteroatoms.